The van der Waals surface area contributed by atoms with Gasteiger partial charge in [-0.15, -0.1) is 21.5 Å². The van der Waals surface area contributed by atoms with E-state index in [0.717, 1.165) is 41.0 Å². The summed E-state index contributed by atoms with van der Waals surface area (Å²) in [6.07, 6.45) is 0.835. The molecule has 0 radical (unpaired) electrons. The summed E-state index contributed by atoms with van der Waals surface area (Å²) in [5.74, 6) is 0.794. The van der Waals surface area contributed by atoms with Crippen molar-refractivity contribution in [1.82, 2.24) is 29.0 Å². The van der Waals surface area contributed by atoms with Crippen LogP contribution in [0.25, 0.3) is 21.7 Å². The van der Waals surface area contributed by atoms with Gasteiger partial charge in [0.15, 0.2) is 5.16 Å². The van der Waals surface area contributed by atoms with Crippen molar-refractivity contribution in [3.63, 3.8) is 0 Å². The molecule has 5 heterocycles. The summed E-state index contributed by atoms with van der Waals surface area (Å²) >= 11 is 3.00. The van der Waals surface area contributed by atoms with Crippen LogP contribution in [-0.2, 0) is 22.5 Å². The van der Waals surface area contributed by atoms with E-state index in [9.17, 15) is 9.59 Å². The van der Waals surface area contributed by atoms with Gasteiger partial charge in [0.05, 0.1) is 30.0 Å². The number of benzene rings is 1. The van der Waals surface area contributed by atoms with Crippen molar-refractivity contribution in [3.8, 4) is 5.69 Å². The number of hydrogen-bond donors (Lipinski definition) is 0. The summed E-state index contributed by atoms with van der Waals surface area (Å²) in [5, 5.41) is 10.2. The van der Waals surface area contributed by atoms with Crippen LogP contribution >= 0.6 is 23.1 Å². The fourth-order valence-corrected chi connectivity index (χ4v) is 6.93. The predicted octanol–water partition coefficient (Wildman–Crippen LogP) is 2.03. The van der Waals surface area contributed by atoms with Gasteiger partial charge in [-0.05, 0) is 31.2 Å². The van der Waals surface area contributed by atoms with Crippen molar-refractivity contribution in [3.05, 3.63) is 51.1 Å². The summed E-state index contributed by atoms with van der Waals surface area (Å²) in [4.78, 5) is 32.8. The predicted molar refractivity (Wildman–Crippen MR) is 132 cm³/mol. The zero-order chi connectivity index (χ0) is 23.2. The first kappa shape index (κ1) is 21.8. The molecule has 34 heavy (non-hydrogen) atoms. The molecule has 0 spiro atoms. The maximum atomic E-state index is 13.8. The van der Waals surface area contributed by atoms with Crippen LogP contribution in [-0.4, -0.2) is 80.5 Å². The number of hydrogen-bond acceptors (Lipinski definition) is 8. The van der Waals surface area contributed by atoms with E-state index in [0.29, 0.717) is 37.2 Å². The Morgan fingerprint density at radius 1 is 1.15 bits per heavy atom. The molecule has 0 atom stereocenters. The highest BCUT2D eigenvalue weighted by atomic mass is 32.2. The van der Waals surface area contributed by atoms with Gasteiger partial charge in [-0.3, -0.25) is 9.59 Å². The fourth-order valence-electron chi connectivity index (χ4n) is 4.62. The Morgan fingerprint density at radius 2 is 1.94 bits per heavy atom. The number of rotatable bonds is 4. The third-order valence-electron chi connectivity index (χ3n) is 6.37. The average molecular weight is 497 g/mol. The van der Waals surface area contributed by atoms with E-state index in [4.69, 9.17) is 4.74 Å². The monoisotopic (exact) mass is 496 g/mol. The third kappa shape index (κ3) is 3.63. The van der Waals surface area contributed by atoms with Crippen molar-refractivity contribution in [2.75, 3.05) is 45.6 Å². The van der Waals surface area contributed by atoms with Crippen molar-refractivity contribution in [1.29, 1.82) is 0 Å². The summed E-state index contributed by atoms with van der Waals surface area (Å²) in [7, 11) is 2.10. The Balaban J connectivity index is 1.50. The molecular formula is C23H24N6O3S2. The summed E-state index contributed by atoms with van der Waals surface area (Å²) in [6, 6.07) is 9.56. The largest absolute Gasteiger partial charge is 0.378 e. The van der Waals surface area contributed by atoms with Gasteiger partial charge in [0.25, 0.3) is 5.56 Å². The standard InChI is InChI=1S/C23H24N6O3S2/c1-26-8-7-16-17(13-26)34-21-19(16)20(31)28(15-5-3-2-4-6-15)22-24-25-23(29(21)22)33-14-18(30)27-9-11-32-12-10-27/h2-6H,7-14H2,1H3. The van der Waals surface area contributed by atoms with Gasteiger partial charge in [0.1, 0.15) is 4.83 Å². The van der Waals surface area contributed by atoms with Crippen LogP contribution in [0.3, 0.4) is 0 Å². The Kier molecular flexibility index (Phi) is 5.64. The maximum absolute atomic E-state index is 13.8. The van der Waals surface area contributed by atoms with Crippen molar-refractivity contribution >= 4 is 45.0 Å². The highest BCUT2D eigenvalue weighted by molar-refractivity contribution is 7.99. The van der Waals surface area contributed by atoms with Gasteiger partial charge < -0.3 is 14.5 Å². The van der Waals surface area contributed by atoms with E-state index in [2.05, 4.69) is 22.1 Å². The topological polar surface area (TPSA) is 85.0 Å². The molecule has 6 rings (SSSR count). The molecule has 4 aromatic rings. The van der Waals surface area contributed by atoms with E-state index in [1.807, 2.05) is 39.6 Å². The lowest BCUT2D eigenvalue weighted by Crippen LogP contribution is -2.41. The molecule has 0 unspecified atom stereocenters. The van der Waals surface area contributed by atoms with E-state index >= 15 is 0 Å². The molecule has 1 amide bonds. The lowest BCUT2D eigenvalue weighted by Gasteiger charge is -2.26. The molecule has 1 saturated heterocycles. The SMILES string of the molecule is CN1CCc2c(sc3c2c(=O)n(-c2ccccc2)c2nnc(SCC(=O)N4CCOCC4)n32)C1. The first-order valence-electron chi connectivity index (χ1n) is 11.3. The van der Waals surface area contributed by atoms with Crippen LogP contribution in [0.15, 0.2) is 40.3 Å². The van der Waals surface area contributed by atoms with Crippen molar-refractivity contribution < 1.29 is 9.53 Å². The number of thiophene rings is 1. The van der Waals surface area contributed by atoms with E-state index in [-0.39, 0.29) is 17.2 Å². The number of carbonyl (C=O) groups is 1. The second kappa shape index (κ2) is 8.81. The minimum absolute atomic E-state index is 0.0600. The summed E-state index contributed by atoms with van der Waals surface area (Å²) in [6.45, 7) is 4.11. The molecular weight excluding hydrogens is 472 g/mol. The quantitative estimate of drug-likeness (QED) is 0.400. The van der Waals surface area contributed by atoms with E-state index < -0.39 is 0 Å². The van der Waals surface area contributed by atoms with Gasteiger partial charge in [-0.25, -0.2) is 8.97 Å². The van der Waals surface area contributed by atoms with Crippen LogP contribution in [0, 0.1) is 0 Å². The lowest BCUT2D eigenvalue weighted by atomic mass is 10.1. The highest BCUT2D eigenvalue weighted by Gasteiger charge is 2.27. The van der Waals surface area contributed by atoms with Crippen molar-refractivity contribution in [2.24, 2.45) is 0 Å². The smallest absolute Gasteiger partial charge is 0.268 e. The number of nitrogens with zero attached hydrogens (tertiary/aromatic N) is 6. The molecule has 0 aliphatic carbocycles. The number of para-hydroxylation sites is 1. The van der Waals surface area contributed by atoms with Gasteiger partial charge in [0.2, 0.25) is 11.7 Å². The molecule has 9 nitrogen and oxygen atoms in total. The number of carbonyl (C=O) groups excluding carboxylic acids is 1. The highest BCUT2D eigenvalue weighted by Crippen LogP contribution is 2.35. The molecule has 1 aromatic carbocycles. The number of likely N-dealkylation sites (N-methyl/N-ethyl adjacent to an activating group) is 1. The molecule has 176 valence electrons. The normalized spacial score (nSPS) is 16.9. The minimum Gasteiger partial charge on any atom is -0.378 e. The Hall–Kier alpha value is -2.73. The Labute approximate surface area is 203 Å². The molecule has 3 aromatic heterocycles. The Morgan fingerprint density at radius 3 is 2.74 bits per heavy atom. The molecule has 2 aliphatic heterocycles. The number of thioether (sulfide) groups is 1. The number of amides is 1. The number of aromatic nitrogens is 4. The molecule has 11 heteroatoms. The first-order valence-corrected chi connectivity index (χ1v) is 13.1. The fraction of sp³-hybridized carbons (Fsp3) is 0.391. The first-order chi connectivity index (χ1) is 16.6. The second-order valence-electron chi connectivity index (χ2n) is 8.55. The number of fused-ring (bicyclic) bond motifs is 5. The van der Waals surface area contributed by atoms with Crippen LogP contribution in [0.5, 0.6) is 0 Å². The molecule has 0 N–H and O–H groups in total. The number of morpholine rings is 1. The second-order valence-corrected chi connectivity index (χ2v) is 10.6. The average Bonchev–Trinajstić information content (AvgIpc) is 3.45. The van der Waals surface area contributed by atoms with Gasteiger partial charge in [0, 0.05) is 31.1 Å². The van der Waals surface area contributed by atoms with Crippen LogP contribution in [0.4, 0.5) is 0 Å². The molecule has 0 bridgehead atoms. The lowest BCUT2D eigenvalue weighted by molar-refractivity contribution is -0.132. The van der Waals surface area contributed by atoms with Crippen LogP contribution in [0.2, 0.25) is 0 Å². The summed E-state index contributed by atoms with van der Waals surface area (Å²) < 4.78 is 8.97. The zero-order valence-corrected chi connectivity index (χ0v) is 20.4. The molecule has 2 aliphatic rings. The third-order valence-corrected chi connectivity index (χ3v) is 8.48. The molecule has 1 fully saturated rings. The zero-order valence-electron chi connectivity index (χ0n) is 18.8. The van der Waals surface area contributed by atoms with Crippen molar-refractivity contribution in [2.45, 2.75) is 18.1 Å². The van der Waals surface area contributed by atoms with E-state index in [1.54, 1.807) is 15.9 Å². The van der Waals surface area contributed by atoms with Gasteiger partial charge in [-0.1, -0.05) is 30.0 Å². The van der Waals surface area contributed by atoms with Gasteiger partial charge in [-0.2, -0.15) is 0 Å². The Bertz CT molecular complexity index is 1440. The minimum atomic E-state index is -0.0657. The van der Waals surface area contributed by atoms with Crippen LogP contribution in [0.1, 0.15) is 10.4 Å². The van der Waals surface area contributed by atoms with E-state index in [1.165, 1.54) is 16.6 Å². The molecule has 0 saturated carbocycles. The van der Waals surface area contributed by atoms with Crippen LogP contribution < -0.4 is 5.56 Å². The maximum Gasteiger partial charge on any atom is 0.268 e. The van der Waals surface area contributed by atoms with Gasteiger partial charge >= 0.3 is 0 Å². The summed E-state index contributed by atoms with van der Waals surface area (Å²) in [5.41, 5.74) is 1.81. The number of ether oxygens (including phenoxy) is 1.